The standard InChI is InChI=1S/C20H24N2O2/c1-21(2)18-9-5-17(6-10-18)20(23)15-16-3-7-19(8-4-16)22-11-13-24-14-12-22/h3-10H,11-15H2,1-2H3. The second kappa shape index (κ2) is 7.49. The predicted molar refractivity (Wildman–Crippen MR) is 98.3 cm³/mol. The van der Waals surface area contributed by atoms with E-state index in [9.17, 15) is 4.79 Å². The molecule has 0 aliphatic carbocycles. The van der Waals surface area contributed by atoms with Gasteiger partial charge in [-0.25, -0.2) is 0 Å². The molecule has 2 aromatic carbocycles. The van der Waals surface area contributed by atoms with E-state index in [0.717, 1.165) is 43.1 Å². The molecule has 0 bridgehead atoms. The maximum absolute atomic E-state index is 12.4. The van der Waals surface area contributed by atoms with Crippen molar-refractivity contribution in [1.82, 2.24) is 0 Å². The molecule has 2 aromatic rings. The van der Waals surface area contributed by atoms with Crippen molar-refractivity contribution in [2.75, 3.05) is 50.2 Å². The van der Waals surface area contributed by atoms with E-state index in [4.69, 9.17) is 4.74 Å². The molecule has 1 heterocycles. The number of rotatable bonds is 5. The van der Waals surface area contributed by atoms with Crippen LogP contribution in [0.25, 0.3) is 0 Å². The van der Waals surface area contributed by atoms with Crippen molar-refractivity contribution in [2.24, 2.45) is 0 Å². The van der Waals surface area contributed by atoms with E-state index in [1.54, 1.807) is 0 Å². The molecule has 0 unspecified atom stereocenters. The first kappa shape index (κ1) is 16.5. The van der Waals surface area contributed by atoms with Crippen LogP contribution >= 0.6 is 0 Å². The number of carbonyl (C=O) groups is 1. The summed E-state index contributed by atoms with van der Waals surface area (Å²) in [7, 11) is 3.99. The SMILES string of the molecule is CN(C)c1ccc(C(=O)Cc2ccc(N3CCOCC3)cc2)cc1. The van der Waals surface area contributed by atoms with Crippen LogP contribution in [-0.2, 0) is 11.2 Å². The van der Waals surface area contributed by atoms with Gasteiger partial charge in [-0.1, -0.05) is 12.1 Å². The van der Waals surface area contributed by atoms with Crippen LogP contribution < -0.4 is 9.80 Å². The Bertz CT molecular complexity index is 672. The summed E-state index contributed by atoms with van der Waals surface area (Å²) in [6, 6.07) is 16.1. The van der Waals surface area contributed by atoms with Crippen molar-refractivity contribution in [1.29, 1.82) is 0 Å². The maximum atomic E-state index is 12.4. The Labute approximate surface area is 143 Å². The quantitative estimate of drug-likeness (QED) is 0.792. The third-order valence-electron chi connectivity index (χ3n) is 4.38. The van der Waals surface area contributed by atoms with Gasteiger partial charge in [0, 0.05) is 50.5 Å². The van der Waals surface area contributed by atoms with Crippen LogP contribution in [0.4, 0.5) is 11.4 Å². The molecule has 24 heavy (non-hydrogen) atoms. The minimum atomic E-state index is 0.152. The molecule has 1 saturated heterocycles. The van der Waals surface area contributed by atoms with Crippen LogP contribution in [0.3, 0.4) is 0 Å². The summed E-state index contributed by atoms with van der Waals surface area (Å²) in [6.07, 6.45) is 0.435. The normalized spacial score (nSPS) is 14.5. The summed E-state index contributed by atoms with van der Waals surface area (Å²) in [4.78, 5) is 16.8. The van der Waals surface area contributed by atoms with Gasteiger partial charge < -0.3 is 14.5 Å². The lowest BCUT2D eigenvalue weighted by Gasteiger charge is -2.28. The lowest BCUT2D eigenvalue weighted by molar-refractivity contribution is 0.0993. The number of hydrogen-bond donors (Lipinski definition) is 0. The number of anilines is 2. The molecule has 4 nitrogen and oxygen atoms in total. The third kappa shape index (κ3) is 3.95. The van der Waals surface area contributed by atoms with Crippen LogP contribution in [0.1, 0.15) is 15.9 Å². The maximum Gasteiger partial charge on any atom is 0.167 e. The summed E-state index contributed by atoms with van der Waals surface area (Å²) in [5.41, 5.74) is 4.11. The van der Waals surface area contributed by atoms with E-state index in [0.29, 0.717) is 6.42 Å². The minimum absolute atomic E-state index is 0.152. The number of ether oxygens (including phenoxy) is 1. The monoisotopic (exact) mass is 324 g/mol. The number of nitrogens with zero attached hydrogens (tertiary/aromatic N) is 2. The van der Waals surface area contributed by atoms with E-state index in [1.165, 1.54) is 5.69 Å². The molecule has 0 spiro atoms. The van der Waals surface area contributed by atoms with E-state index >= 15 is 0 Å². The van der Waals surface area contributed by atoms with Crippen molar-refractivity contribution >= 4 is 17.2 Å². The Balaban J connectivity index is 1.63. The Morgan fingerprint density at radius 3 is 2.21 bits per heavy atom. The molecular weight excluding hydrogens is 300 g/mol. The van der Waals surface area contributed by atoms with Gasteiger partial charge in [-0.3, -0.25) is 4.79 Å². The molecule has 126 valence electrons. The smallest absolute Gasteiger partial charge is 0.167 e. The minimum Gasteiger partial charge on any atom is -0.378 e. The average Bonchev–Trinajstić information content (AvgIpc) is 2.63. The topological polar surface area (TPSA) is 32.8 Å². The summed E-state index contributed by atoms with van der Waals surface area (Å²) in [5.74, 6) is 0.152. The largest absolute Gasteiger partial charge is 0.378 e. The Kier molecular flexibility index (Phi) is 5.16. The molecule has 0 radical (unpaired) electrons. The summed E-state index contributed by atoms with van der Waals surface area (Å²) >= 11 is 0. The van der Waals surface area contributed by atoms with Crippen molar-refractivity contribution in [3.8, 4) is 0 Å². The van der Waals surface area contributed by atoms with E-state index in [1.807, 2.05) is 43.3 Å². The molecule has 3 rings (SSSR count). The van der Waals surface area contributed by atoms with Gasteiger partial charge in [0.1, 0.15) is 0 Å². The molecule has 0 amide bonds. The molecule has 0 N–H and O–H groups in total. The van der Waals surface area contributed by atoms with Gasteiger partial charge in [-0.2, -0.15) is 0 Å². The molecular formula is C20H24N2O2. The lowest BCUT2D eigenvalue weighted by Crippen LogP contribution is -2.36. The van der Waals surface area contributed by atoms with Gasteiger partial charge in [0.05, 0.1) is 13.2 Å². The average molecular weight is 324 g/mol. The van der Waals surface area contributed by atoms with Crippen molar-refractivity contribution in [3.05, 3.63) is 59.7 Å². The number of benzene rings is 2. The fourth-order valence-corrected chi connectivity index (χ4v) is 2.88. The van der Waals surface area contributed by atoms with Crippen LogP contribution in [0.5, 0.6) is 0 Å². The fourth-order valence-electron chi connectivity index (χ4n) is 2.88. The Hall–Kier alpha value is -2.33. The van der Waals surface area contributed by atoms with Gasteiger partial charge in [0.15, 0.2) is 5.78 Å². The van der Waals surface area contributed by atoms with E-state index in [2.05, 4.69) is 29.2 Å². The lowest BCUT2D eigenvalue weighted by atomic mass is 10.0. The zero-order chi connectivity index (χ0) is 16.9. The molecule has 0 atom stereocenters. The van der Waals surface area contributed by atoms with Crippen LogP contribution in [0.15, 0.2) is 48.5 Å². The van der Waals surface area contributed by atoms with Gasteiger partial charge in [-0.15, -0.1) is 0 Å². The highest BCUT2D eigenvalue weighted by atomic mass is 16.5. The van der Waals surface area contributed by atoms with E-state index in [-0.39, 0.29) is 5.78 Å². The van der Waals surface area contributed by atoms with Gasteiger partial charge in [-0.05, 0) is 42.0 Å². The van der Waals surface area contributed by atoms with Gasteiger partial charge >= 0.3 is 0 Å². The number of carbonyl (C=O) groups excluding carboxylic acids is 1. The van der Waals surface area contributed by atoms with E-state index < -0.39 is 0 Å². The Morgan fingerprint density at radius 1 is 1.00 bits per heavy atom. The zero-order valence-corrected chi connectivity index (χ0v) is 14.4. The molecule has 1 aliphatic heterocycles. The summed E-state index contributed by atoms with van der Waals surface area (Å²) in [6.45, 7) is 3.42. The number of hydrogen-bond acceptors (Lipinski definition) is 4. The van der Waals surface area contributed by atoms with Gasteiger partial charge in [0.25, 0.3) is 0 Å². The molecule has 0 saturated carbocycles. The molecule has 1 aliphatic rings. The Morgan fingerprint density at radius 2 is 1.62 bits per heavy atom. The highest BCUT2D eigenvalue weighted by Crippen LogP contribution is 2.18. The summed E-state index contributed by atoms with van der Waals surface area (Å²) < 4.78 is 5.38. The number of Topliss-reactive ketones (excluding diaryl/α,β-unsaturated/α-hetero) is 1. The fraction of sp³-hybridized carbons (Fsp3) is 0.350. The molecule has 0 aromatic heterocycles. The van der Waals surface area contributed by atoms with Crippen LogP contribution in [0.2, 0.25) is 0 Å². The first-order valence-electron chi connectivity index (χ1n) is 8.36. The zero-order valence-electron chi connectivity index (χ0n) is 14.4. The van der Waals surface area contributed by atoms with Crippen molar-refractivity contribution in [2.45, 2.75) is 6.42 Å². The highest BCUT2D eigenvalue weighted by molar-refractivity contribution is 5.97. The molecule has 1 fully saturated rings. The van der Waals surface area contributed by atoms with Crippen LogP contribution in [0, 0.1) is 0 Å². The highest BCUT2D eigenvalue weighted by Gasteiger charge is 2.12. The predicted octanol–water partition coefficient (Wildman–Crippen LogP) is 3.01. The third-order valence-corrected chi connectivity index (χ3v) is 4.38. The van der Waals surface area contributed by atoms with Crippen molar-refractivity contribution < 1.29 is 9.53 Å². The first-order valence-corrected chi connectivity index (χ1v) is 8.36. The first-order chi connectivity index (χ1) is 11.6. The summed E-state index contributed by atoms with van der Waals surface area (Å²) in [5, 5.41) is 0. The van der Waals surface area contributed by atoms with Crippen molar-refractivity contribution in [3.63, 3.8) is 0 Å². The molecule has 4 heteroatoms. The second-order valence-corrected chi connectivity index (χ2v) is 6.31. The van der Waals surface area contributed by atoms with Crippen LogP contribution in [-0.4, -0.2) is 46.2 Å². The number of morpholine rings is 1. The second-order valence-electron chi connectivity index (χ2n) is 6.31. The van der Waals surface area contributed by atoms with Gasteiger partial charge in [0.2, 0.25) is 0 Å². The number of ketones is 1.